The molecule has 0 unspecified atom stereocenters. The zero-order chi connectivity index (χ0) is 11.0. The number of fused-ring (bicyclic) bond motifs is 1. The van der Waals surface area contributed by atoms with Gasteiger partial charge in [-0.2, -0.15) is 0 Å². The topological polar surface area (TPSA) is 29.5 Å². The largest absolute Gasteiger partial charge is 0.508 e. The molecular formula is C14H12O2. The molecule has 2 aromatic rings. The highest BCUT2D eigenvalue weighted by atomic mass is 16.5. The summed E-state index contributed by atoms with van der Waals surface area (Å²) < 4.78 is 5.47. The lowest BCUT2D eigenvalue weighted by atomic mass is 10.0. The van der Waals surface area contributed by atoms with Crippen molar-refractivity contribution in [2.45, 2.75) is 6.42 Å². The maximum Gasteiger partial charge on any atom is 0.122 e. The third kappa shape index (κ3) is 1.52. The standard InChI is InChI=1S/C14H12O2/c15-13-4-1-10(2-5-13)11-3-6-14-12(9-11)7-8-16-14/h1-6,9,15H,7-8H2. The first-order chi connectivity index (χ1) is 7.83. The highest BCUT2D eigenvalue weighted by molar-refractivity contribution is 5.66. The van der Waals surface area contributed by atoms with Gasteiger partial charge in [-0.15, -0.1) is 0 Å². The van der Waals surface area contributed by atoms with Gasteiger partial charge in [0.1, 0.15) is 11.5 Å². The van der Waals surface area contributed by atoms with Crippen molar-refractivity contribution in [1.82, 2.24) is 0 Å². The second-order valence-electron chi connectivity index (χ2n) is 3.97. The molecule has 1 aliphatic heterocycles. The third-order valence-electron chi connectivity index (χ3n) is 2.89. The minimum Gasteiger partial charge on any atom is -0.508 e. The maximum absolute atomic E-state index is 9.24. The molecule has 0 bridgehead atoms. The van der Waals surface area contributed by atoms with Crippen LogP contribution in [0.25, 0.3) is 11.1 Å². The predicted octanol–water partition coefficient (Wildman–Crippen LogP) is 2.99. The summed E-state index contributed by atoms with van der Waals surface area (Å²) in [5.41, 5.74) is 3.56. The van der Waals surface area contributed by atoms with Gasteiger partial charge in [0.05, 0.1) is 6.61 Å². The number of hydrogen-bond acceptors (Lipinski definition) is 2. The van der Waals surface area contributed by atoms with Crippen LogP contribution in [0.5, 0.6) is 11.5 Å². The summed E-state index contributed by atoms with van der Waals surface area (Å²) in [6, 6.07) is 13.5. The van der Waals surface area contributed by atoms with E-state index < -0.39 is 0 Å². The van der Waals surface area contributed by atoms with E-state index in [1.165, 1.54) is 11.1 Å². The molecule has 0 radical (unpaired) electrons. The van der Waals surface area contributed by atoms with E-state index >= 15 is 0 Å². The highest BCUT2D eigenvalue weighted by Gasteiger charge is 2.12. The minimum absolute atomic E-state index is 0.299. The van der Waals surface area contributed by atoms with Crippen molar-refractivity contribution in [1.29, 1.82) is 0 Å². The summed E-state index contributed by atoms with van der Waals surface area (Å²) in [5.74, 6) is 1.30. The number of phenolic OH excluding ortho intramolecular Hbond substituents is 1. The number of rotatable bonds is 1. The van der Waals surface area contributed by atoms with Gasteiger partial charge in [0.15, 0.2) is 0 Å². The normalized spacial score (nSPS) is 13.2. The number of hydrogen-bond donors (Lipinski definition) is 1. The molecule has 3 rings (SSSR count). The lowest BCUT2D eigenvalue weighted by molar-refractivity contribution is 0.357. The van der Waals surface area contributed by atoms with Crippen LogP contribution < -0.4 is 4.74 Å². The van der Waals surface area contributed by atoms with Crippen molar-refractivity contribution in [2.75, 3.05) is 6.61 Å². The Labute approximate surface area is 94.1 Å². The molecule has 0 aliphatic carbocycles. The molecule has 0 spiro atoms. The Morgan fingerprint density at radius 1 is 0.938 bits per heavy atom. The van der Waals surface area contributed by atoms with Gasteiger partial charge in [-0.1, -0.05) is 18.2 Å². The maximum atomic E-state index is 9.24. The van der Waals surface area contributed by atoms with Gasteiger partial charge in [-0.25, -0.2) is 0 Å². The molecule has 2 nitrogen and oxygen atoms in total. The zero-order valence-corrected chi connectivity index (χ0v) is 8.81. The smallest absolute Gasteiger partial charge is 0.122 e. The van der Waals surface area contributed by atoms with Crippen LogP contribution in [0.2, 0.25) is 0 Å². The summed E-state index contributed by atoms with van der Waals surface area (Å²) in [5, 5.41) is 9.24. The molecule has 0 fully saturated rings. The van der Waals surface area contributed by atoms with Crippen molar-refractivity contribution in [3.63, 3.8) is 0 Å². The van der Waals surface area contributed by atoms with E-state index in [9.17, 15) is 5.11 Å². The van der Waals surface area contributed by atoms with Gasteiger partial charge in [-0.05, 0) is 41.0 Å². The molecule has 1 N–H and O–H groups in total. The number of ether oxygens (including phenoxy) is 1. The summed E-state index contributed by atoms with van der Waals surface area (Å²) >= 11 is 0. The molecule has 0 atom stereocenters. The lowest BCUT2D eigenvalue weighted by Gasteiger charge is -2.04. The SMILES string of the molecule is Oc1ccc(-c2ccc3c(c2)CCO3)cc1. The van der Waals surface area contributed by atoms with Crippen LogP contribution in [-0.2, 0) is 6.42 Å². The highest BCUT2D eigenvalue weighted by Crippen LogP contribution is 2.30. The minimum atomic E-state index is 0.299. The van der Waals surface area contributed by atoms with E-state index in [-0.39, 0.29) is 0 Å². The van der Waals surface area contributed by atoms with E-state index in [2.05, 4.69) is 12.1 Å². The molecule has 0 saturated carbocycles. The number of aromatic hydroxyl groups is 1. The van der Waals surface area contributed by atoms with E-state index in [0.717, 1.165) is 24.3 Å². The fourth-order valence-electron chi connectivity index (χ4n) is 2.02. The monoisotopic (exact) mass is 212 g/mol. The molecular weight excluding hydrogens is 200 g/mol. The lowest BCUT2D eigenvalue weighted by Crippen LogP contribution is -1.85. The molecule has 16 heavy (non-hydrogen) atoms. The van der Waals surface area contributed by atoms with E-state index in [4.69, 9.17) is 4.74 Å². The summed E-state index contributed by atoms with van der Waals surface area (Å²) in [4.78, 5) is 0. The Kier molecular flexibility index (Phi) is 2.07. The Hall–Kier alpha value is -1.96. The van der Waals surface area contributed by atoms with Crippen LogP contribution in [0.3, 0.4) is 0 Å². The molecule has 2 aromatic carbocycles. The summed E-state index contributed by atoms with van der Waals surface area (Å²) in [6.07, 6.45) is 0.987. The van der Waals surface area contributed by atoms with Crippen molar-refractivity contribution in [3.05, 3.63) is 48.0 Å². The first kappa shape index (κ1) is 9.28. The Morgan fingerprint density at radius 3 is 2.50 bits per heavy atom. The molecule has 1 aliphatic rings. The first-order valence-corrected chi connectivity index (χ1v) is 5.38. The molecule has 0 amide bonds. The Bertz CT molecular complexity index is 515. The molecule has 2 heteroatoms. The van der Waals surface area contributed by atoms with Gasteiger partial charge in [-0.3, -0.25) is 0 Å². The second-order valence-corrected chi connectivity index (χ2v) is 3.97. The van der Waals surface area contributed by atoms with Crippen LogP contribution in [0.4, 0.5) is 0 Å². The van der Waals surface area contributed by atoms with Crippen molar-refractivity contribution < 1.29 is 9.84 Å². The van der Waals surface area contributed by atoms with Crippen LogP contribution in [0.1, 0.15) is 5.56 Å². The van der Waals surface area contributed by atoms with Gasteiger partial charge in [0.2, 0.25) is 0 Å². The summed E-state index contributed by atoms with van der Waals surface area (Å²) in [6.45, 7) is 0.786. The Morgan fingerprint density at radius 2 is 1.69 bits per heavy atom. The molecule has 80 valence electrons. The van der Waals surface area contributed by atoms with Crippen LogP contribution in [-0.4, -0.2) is 11.7 Å². The first-order valence-electron chi connectivity index (χ1n) is 5.38. The van der Waals surface area contributed by atoms with Crippen LogP contribution >= 0.6 is 0 Å². The third-order valence-corrected chi connectivity index (χ3v) is 2.89. The quantitative estimate of drug-likeness (QED) is 0.787. The van der Waals surface area contributed by atoms with E-state index in [0.29, 0.717) is 5.75 Å². The van der Waals surface area contributed by atoms with Crippen LogP contribution in [0.15, 0.2) is 42.5 Å². The Balaban J connectivity index is 2.03. The van der Waals surface area contributed by atoms with Gasteiger partial charge >= 0.3 is 0 Å². The van der Waals surface area contributed by atoms with Gasteiger partial charge in [0, 0.05) is 6.42 Å². The average molecular weight is 212 g/mol. The fourth-order valence-corrected chi connectivity index (χ4v) is 2.02. The fraction of sp³-hybridized carbons (Fsp3) is 0.143. The van der Waals surface area contributed by atoms with E-state index in [1.54, 1.807) is 12.1 Å². The zero-order valence-electron chi connectivity index (χ0n) is 8.81. The van der Waals surface area contributed by atoms with E-state index in [1.807, 2.05) is 18.2 Å². The average Bonchev–Trinajstić information content (AvgIpc) is 2.77. The van der Waals surface area contributed by atoms with Gasteiger partial charge < -0.3 is 9.84 Å². The molecule has 0 saturated heterocycles. The molecule has 0 aromatic heterocycles. The van der Waals surface area contributed by atoms with Gasteiger partial charge in [0.25, 0.3) is 0 Å². The number of benzene rings is 2. The van der Waals surface area contributed by atoms with Crippen molar-refractivity contribution in [2.24, 2.45) is 0 Å². The van der Waals surface area contributed by atoms with Crippen molar-refractivity contribution in [3.8, 4) is 22.6 Å². The van der Waals surface area contributed by atoms with Crippen LogP contribution in [0, 0.1) is 0 Å². The predicted molar refractivity (Wildman–Crippen MR) is 62.7 cm³/mol. The molecule has 1 heterocycles. The number of phenols is 1. The summed E-state index contributed by atoms with van der Waals surface area (Å²) in [7, 11) is 0. The second kappa shape index (κ2) is 3.56. The van der Waals surface area contributed by atoms with Crippen molar-refractivity contribution >= 4 is 0 Å².